The highest BCUT2D eigenvalue weighted by atomic mass is 16.1. The maximum atomic E-state index is 10.9. The fraction of sp³-hybridized carbons (Fsp3) is 0.556. The molecule has 0 spiro atoms. The predicted molar refractivity (Wildman–Crippen MR) is 53.6 cm³/mol. The van der Waals surface area contributed by atoms with Gasteiger partial charge in [0, 0.05) is 18.4 Å². The lowest BCUT2D eigenvalue weighted by Gasteiger charge is -2.12. The first kappa shape index (κ1) is 10.7. The Hall–Kier alpha value is -1.36. The molecular formula is C9H16N4O. The van der Waals surface area contributed by atoms with E-state index in [1.807, 2.05) is 17.7 Å². The Morgan fingerprint density at radius 1 is 1.79 bits per heavy atom. The standard InChI is InChI=1S/C9H16N4O/c1-7-3-5-12-13(7)6-4-8(11-2)9(10)14/h3,5,8,11H,4,6H2,1-2H3,(H2,10,14). The number of hydrogen-bond acceptors (Lipinski definition) is 3. The van der Waals surface area contributed by atoms with Gasteiger partial charge >= 0.3 is 0 Å². The summed E-state index contributed by atoms with van der Waals surface area (Å²) >= 11 is 0. The number of likely N-dealkylation sites (N-methyl/N-ethyl adjacent to an activating group) is 1. The van der Waals surface area contributed by atoms with Crippen LogP contribution in [-0.4, -0.2) is 28.8 Å². The van der Waals surface area contributed by atoms with E-state index in [4.69, 9.17) is 5.73 Å². The van der Waals surface area contributed by atoms with Crippen LogP contribution < -0.4 is 11.1 Å². The Labute approximate surface area is 83.3 Å². The van der Waals surface area contributed by atoms with Crippen molar-refractivity contribution in [1.29, 1.82) is 0 Å². The molecule has 0 aliphatic heterocycles. The summed E-state index contributed by atoms with van der Waals surface area (Å²) in [5, 5.41) is 6.99. The Bertz CT molecular complexity index is 308. The lowest BCUT2D eigenvalue weighted by molar-refractivity contribution is -0.120. The van der Waals surface area contributed by atoms with E-state index in [0.29, 0.717) is 13.0 Å². The number of carbonyl (C=O) groups excluding carboxylic acids is 1. The quantitative estimate of drug-likeness (QED) is 0.676. The average Bonchev–Trinajstić information content (AvgIpc) is 2.52. The van der Waals surface area contributed by atoms with Gasteiger partial charge in [0.15, 0.2) is 0 Å². The average molecular weight is 196 g/mol. The molecule has 5 heteroatoms. The highest BCUT2D eigenvalue weighted by molar-refractivity contribution is 5.79. The van der Waals surface area contributed by atoms with E-state index in [-0.39, 0.29) is 11.9 Å². The molecule has 0 aliphatic carbocycles. The third-order valence-corrected chi connectivity index (χ3v) is 2.25. The van der Waals surface area contributed by atoms with Crippen molar-refractivity contribution >= 4 is 5.91 Å². The van der Waals surface area contributed by atoms with Gasteiger partial charge in [-0.3, -0.25) is 9.48 Å². The van der Waals surface area contributed by atoms with E-state index < -0.39 is 0 Å². The molecular weight excluding hydrogens is 180 g/mol. The zero-order valence-corrected chi connectivity index (χ0v) is 8.53. The number of nitrogens with two attached hydrogens (primary N) is 1. The molecule has 0 radical (unpaired) electrons. The van der Waals surface area contributed by atoms with Crippen molar-refractivity contribution in [2.75, 3.05) is 7.05 Å². The minimum Gasteiger partial charge on any atom is -0.368 e. The lowest BCUT2D eigenvalue weighted by atomic mass is 10.2. The Kier molecular flexibility index (Phi) is 3.64. The van der Waals surface area contributed by atoms with Crippen LogP contribution in [0.5, 0.6) is 0 Å². The zero-order chi connectivity index (χ0) is 10.6. The number of nitrogens with zero attached hydrogens (tertiary/aromatic N) is 2. The first-order valence-electron chi connectivity index (χ1n) is 4.60. The van der Waals surface area contributed by atoms with Gasteiger partial charge < -0.3 is 11.1 Å². The number of amides is 1. The minimum atomic E-state index is -0.322. The number of carbonyl (C=O) groups is 1. The van der Waals surface area contributed by atoms with Crippen LogP contribution in [0.25, 0.3) is 0 Å². The maximum absolute atomic E-state index is 10.9. The maximum Gasteiger partial charge on any atom is 0.234 e. The molecule has 1 atom stereocenters. The van der Waals surface area contributed by atoms with E-state index in [1.54, 1.807) is 13.2 Å². The summed E-state index contributed by atoms with van der Waals surface area (Å²) in [5.74, 6) is -0.322. The lowest BCUT2D eigenvalue weighted by Crippen LogP contribution is -2.39. The molecule has 78 valence electrons. The van der Waals surface area contributed by atoms with Gasteiger partial charge in [0.2, 0.25) is 5.91 Å². The van der Waals surface area contributed by atoms with Crippen molar-refractivity contribution < 1.29 is 4.79 Å². The molecule has 0 aliphatic rings. The second kappa shape index (κ2) is 4.76. The second-order valence-corrected chi connectivity index (χ2v) is 3.23. The number of aryl methyl sites for hydroxylation is 2. The molecule has 1 aromatic rings. The van der Waals surface area contributed by atoms with Gasteiger partial charge in [0.25, 0.3) is 0 Å². The van der Waals surface area contributed by atoms with Crippen LogP contribution in [0, 0.1) is 6.92 Å². The van der Waals surface area contributed by atoms with E-state index in [0.717, 1.165) is 5.69 Å². The van der Waals surface area contributed by atoms with Gasteiger partial charge in [-0.15, -0.1) is 0 Å². The van der Waals surface area contributed by atoms with E-state index in [2.05, 4.69) is 10.4 Å². The monoisotopic (exact) mass is 196 g/mol. The summed E-state index contributed by atoms with van der Waals surface area (Å²) in [6, 6.07) is 1.65. The highest BCUT2D eigenvalue weighted by Crippen LogP contribution is 1.99. The van der Waals surface area contributed by atoms with Gasteiger partial charge in [-0.2, -0.15) is 5.10 Å². The topological polar surface area (TPSA) is 72.9 Å². The van der Waals surface area contributed by atoms with Gasteiger partial charge in [0.1, 0.15) is 0 Å². The summed E-state index contributed by atoms with van der Waals surface area (Å²) < 4.78 is 1.85. The largest absolute Gasteiger partial charge is 0.368 e. The molecule has 0 fully saturated rings. The number of rotatable bonds is 5. The highest BCUT2D eigenvalue weighted by Gasteiger charge is 2.12. The second-order valence-electron chi connectivity index (χ2n) is 3.23. The van der Waals surface area contributed by atoms with Crippen LogP contribution in [0.1, 0.15) is 12.1 Å². The summed E-state index contributed by atoms with van der Waals surface area (Å²) in [6.45, 7) is 2.68. The Balaban J connectivity index is 2.47. The van der Waals surface area contributed by atoms with E-state index >= 15 is 0 Å². The van der Waals surface area contributed by atoms with E-state index in [1.165, 1.54) is 0 Å². The molecule has 0 aromatic carbocycles. The van der Waals surface area contributed by atoms with Crippen molar-refractivity contribution in [1.82, 2.24) is 15.1 Å². The molecule has 1 aromatic heterocycles. The zero-order valence-electron chi connectivity index (χ0n) is 8.53. The summed E-state index contributed by atoms with van der Waals surface area (Å²) in [7, 11) is 1.73. The van der Waals surface area contributed by atoms with Gasteiger partial charge in [-0.05, 0) is 26.5 Å². The summed E-state index contributed by atoms with van der Waals surface area (Å²) in [4.78, 5) is 10.9. The minimum absolute atomic E-state index is 0.279. The van der Waals surface area contributed by atoms with Crippen molar-refractivity contribution in [3.05, 3.63) is 18.0 Å². The third-order valence-electron chi connectivity index (χ3n) is 2.25. The number of nitrogens with one attached hydrogen (secondary N) is 1. The van der Waals surface area contributed by atoms with Crippen LogP contribution in [0.2, 0.25) is 0 Å². The molecule has 3 N–H and O–H groups in total. The fourth-order valence-corrected chi connectivity index (χ4v) is 1.31. The fourth-order valence-electron chi connectivity index (χ4n) is 1.31. The number of primary amides is 1. The molecule has 0 bridgehead atoms. The van der Waals surface area contributed by atoms with E-state index in [9.17, 15) is 4.79 Å². The Morgan fingerprint density at radius 2 is 2.50 bits per heavy atom. The van der Waals surface area contributed by atoms with Crippen LogP contribution in [-0.2, 0) is 11.3 Å². The smallest absolute Gasteiger partial charge is 0.234 e. The van der Waals surface area contributed by atoms with Crippen LogP contribution in [0.15, 0.2) is 12.3 Å². The molecule has 5 nitrogen and oxygen atoms in total. The molecule has 0 saturated heterocycles. The molecule has 1 heterocycles. The molecule has 0 saturated carbocycles. The third kappa shape index (κ3) is 2.56. The molecule has 1 amide bonds. The van der Waals surface area contributed by atoms with Crippen molar-refractivity contribution in [2.45, 2.75) is 25.9 Å². The van der Waals surface area contributed by atoms with Gasteiger partial charge in [-0.25, -0.2) is 0 Å². The van der Waals surface area contributed by atoms with Crippen molar-refractivity contribution in [3.8, 4) is 0 Å². The van der Waals surface area contributed by atoms with Gasteiger partial charge in [0.05, 0.1) is 6.04 Å². The van der Waals surface area contributed by atoms with Gasteiger partial charge in [-0.1, -0.05) is 0 Å². The number of aromatic nitrogens is 2. The SMILES string of the molecule is CNC(CCn1nccc1C)C(N)=O. The van der Waals surface area contributed by atoms with Crippen LogP contribution >= 0.6 is 0 Å². The first-order chi connectivity index (χ1) is 6.65. The first-order valence-corrected chi connectivity index (χ1v) is 4.60. The predicted octanol–water partition coefficient (Wildman–Crippen LogP) is -0.345. The molecule has 1 rings (SSSR count). The molecule has 14 heavy (non-hydrogen) atoms. The summed E-state index contributed by atoms with van der Waals surface area (Å²) in [6.07, 6.45) is 2.41. The van der Waals surface area contributed by atoms with Crippen molar-refractivity contribution in [3.63, 3.8) is 0 Å². The number of hydrogen-bond donors (Lipinski definition) is 2. The van der Waals surface area contributed by atoms with Crippen LogP contribution in [0.4, 0.5) is 0 Å². The Morgan fingerprint density at radius 3 is 2.93 bits per heavy atom. The molecule has 1 unspecified atom stereocenters. The normalized spacial score (nSPS) is 12.7. The van der Waals surface area contributed by atoms with Crippen molar-refractivity contribution in [2.24, 2.45) is 5.73 Å². The van der Waals surface area contributed by atoms with Crippen LogP contribution in [0.3, 0.4) is 0 Å². The summed E-state index contributed by atoms with van der Waals surface area (Å²) in [5.41, 5.74) is 6.28.